The smallest absolute Gasteiger partial charge is 0.168 e. The summed E-state index contributed by atoms with van der Waals surface area (Å²) >= 11 is 1.63. The number of imidazole rings is 1. The number of hydrogen-bond acceptors (Lipinski definition) is 9. The van der Waals surface area contributed by atoms with Crippen molar-refractivity contribution >= 4 is 40.2 Å². The second-order valence-electron chi connectivity index (χ2n) is 8.22. The predicted octanol–water partition coefficient (Wildman–Crippen LogP) is 3.86. The van der Waals surface area contributed by atoms with Gasteiger partial charge in [0.2, 0.25) is 0 Å². The first-order valence-corrected chi connectivity index (χ1v) is 11.9. The van der Waals surface area contributed by atoms with Crippen LogP contribution < -0.4 is 9.80 Å². The van der Waals surface area contributed by atoms with E-state index < -0.39 is 0 Å². The largest absolute Gasteiger partial charge is 0.364 e. The lowest BCUT2D eigenvalue weighted by atomic mass is 10.1. The molecule has 0 aliphatic carbocycles. The summed E-state index contributed by atoms with van der Waals surface area (Å²) in [5.74, 6) is 1.77. The summed E-state index contributed by atoms with van der Waals surface area (Å²) in [5.41, 5.74) is 3.96. The highest BCUT2D eigenvalue weighted by molar-refractivity contribution is 7.99. The Hall–Kier alpha value is -3.24. The summed E-state index contributed by atoms with van der Waals surface area (Å²) in [5, 5.41) is 0.886. The van der Waals surface area contributed by atoms with Crippen molar-refractivity contribution in [2.45, 2.75) is 35.7 Å². The van der Waals surface area contributed by atoms with Gasteiger partial charge in [0, 0.05) is 37.5 Å². The summed E-state index contributed by atoms with van der Waals surface area (Å²) in [6.45, 7) is 3.13. The lowest BCUT2D eigenvalue weighted by Crippen LogP contribution is -2.30. The molecule has 0 atom stereocenters. The minimum atomic E-state index is 0.406. The van der Waals surface area contributed by atoms with Crippen LogP contribution in [0.4, 0.5) is 17.3 Å². The maximum atomic E-state index is 5.48. The van der Waals surface area contributed by atoms with E-state index in [4.69, 9.17) is 9.72 Å². The molecule has 6 rings (SSSR count). The normalized spacial score (nSPS) is 15.5. The van der Waals surface area contributed by atoms with Crippen LogP contribution in [0.2, 0.25) is 0 Å². The van der Waals surface area contributed by atoms with Gasteiger partial charge < -0.3 is 14.2 Å². The van der Waals surface area contributed by atoms with Crippen molar-refractivity contribution in [1.82, 2.24) is 29.5 Å². The van der Waals surface area contributed by atoms with E-state index in [1.165, 1.54) is 19.3 Å². The van der Waals surface area contributed by atoms with Crippen LogP contribution in [0.5, 0.6) is 0 Å². The Bertz CT molecular complexity index is 1300. The van der Waals surface area contributed by atoms with Gasteiger partial charge in [0.25, 0.3) is 0 Å². The van der Waals surface area contributed by atoms with Gasteiger partial charge in [0.05, 0.1) is 18.6 Å². The zero-order valence-corrected chi connectivity index (χ0v) is 19.2. The first-order chi connectivity index (χ1) is 16.3. The van der Waals surface area contributed by atoms with Crippen molar-refractivity contribution in [2.75, 3.05) is 36.7 Å². The summed E-state index contributed by atoms with van der Waals surface area (Å²) in [6.07, 6.45) is 10.6. The molecule has 0 unspecified atom stereocenters. The number of anilines is 3. The minimum absolute atomic E-state index is 0.406. The third kappa shape index (κ3) is 3.68. The highest BCUT2D eigenvalue weighted by Crippen LogP contribution is 2.46. The number of aromatic nitrogens is 6. The van der Waals surface area contributed by atoms with Crippen molar-refractivity contribution in [2.24, 2.45) is 0 Å². The van der Waals surface area contributed by atoms with E-state index in [0.717, 1.165) is 57.1 Å². The molecule has 4 aromatic rings. The number of piperidine rings is 1. The molecular formula is C23H24N8OS. The maximum absolute atomic E-state index is 5.48. The summed E-state index contributed by atoms with van der Waals surface area (Å²) in [4.78, 5) is 28.4. The first-order valence-electron chi connectivity index (χ1n) is 11.1. The fraction of sp³-hybridized carbons (Fsp3) is 0.348. The van der Waals surface area contributed by atoms with Crippen molar-refractivity contribution in [1.29, 1.82) is 0 Å². The van der Waals surface area contributed by atoms with Crippen LogP contribution >= 0.6 is 11.8 Å². The predicted molar refractivity (Wildman–Crippen MR) is 127 cm³/mol. The van der Waals surface area contributed by atoms with Crippen LogP contribution in [0, 0.1) is 0 Å². The van der Waals surface area contributed by atoms with Gasteiger partial charge in [-0.1, -0.05) is 17.8 Å². The summed E-state index contributed by atoms with van der Waals surface area (Å²) in [7, 11) is 1.69. The van der Waals surface area contributed by atoms with Crippen molar-refractivity contribution in [3.05, 3.63) is 48.8 Å². The fourth-order valence-corrected chi connectivity index (χ4v) is 5.52. The quantitative estimate of drug-likeness (QED) is 0.441. The SMILES string of the molecule is COCN1c2cc(Cn3cnc4c(N5CCCCC5)ncnc43)ccc2Sc2nccnc21. The van der Waals surface area contributed by atoms with Gasteiger partial charge in [-0.2, -0.15) is 0 Å². The lowest BCUT2D eigenvalue weighted by molar-refractivity contribution is 0.204. The molecule has 9 nitrogen and oxygen atoms in total. The van der Waals surface area contributed by atoms with E-state index in [0.29, 0.717) is 13.3 Å². The van der Waals surface area contributed by atoms with Gasteiger partial charge in [-0.05, 0) is 37.0 Å². The van der Waals surface area contributed by atoms with E-state index in [1.807, 2.05) is 6.33 Å². The van der Waals surface area contributed by atoms with Crippen molar-refractivity contribution in [3.8, 4) is 0 Å². The van der Waals surface area contributed by atoms with Gasteiger partial charge in [0.1, 0.15) is 18.1 Å². The fourth-order valence-electron chi connectivity index (χ4n) is 4.53. The number of hydrogen-bond donors (Lipinski definition) is 0. The van der Waals surface area contributed by atoms with Gasteiger partial charge >= 0.3 is 0 Å². The third-order valence-electron chi connectivity index (χ3n) is 6.07. The molecule has 0 bridgehead atoms. The number of methoxy groups -OCH3 is 1. The second-order valence-corrected chi connectivity index (χ2v) is 9.26. The summed E-state index contributed by atoms with van der Waals surface area (Å²) < 4.78 is 7.58. The van der Waals surface area contributed by atoms with E-state index in [1.54, 1.807) is 37.6 Å². The zero-order valence-electron chi connectivity index (χ0n) is 18.4. The maximum Gasteiger partial charge on any atom is 0.168 e. The molecule has 3 aromatic heterocycles. The number of nitrogens with zero attached hydrogens (tertiary/aromatic N) is 8. The van der Waals surface area contributed by atoms with Gasteiger partial charge in [-0.3, -0.25) is 4.90 Å². The van der Waals surface area contributed by atoms with Gasteiger partial charge in [-0.25, -0.2) is 24.9 Å². The number of benzene rings is 1. The molecule has 33 heavy (non-hydrogen) atoms. The topological polar surface area (TPSA) is 85.1 Å². The van der Waals surface area contributed by atoms with Crippen molar-refractivity contribution < 1.29 is 4.74 Å². The number of ether oxygens (including phenoxy) is 1. The minimum Gasteiger partial charge on any atom is -0.364 e. The molecule has 2 aliphatic heterocycles. The van der Waals surface area contributed by atoms with Gasteiger partial charge in [-0.15, -0.1) is 0 Å². The zero-order chi connectivity index (χ0) is 22.2. The molecule has 0 radical (unpaired) electrons. The highest BCUT2D eigenvalue weighted by Gasteiger charge is 2.26. The molecule has 168 valence electrons. The standard InChI is InChI=1S/C23H24N8OS/c1-32-15-31-17-11-16(5-6-18(17)33-23-22(31)24-7-8-25-23)12-30-14-28-19-20(26-13-27-21(19)30)29-9-3-2-4-10-29/h5-8,11,13-14H,2-4,9-10,12,15H2,1H3. The van der Waals surface area contributed by atoms with Crippen LogP contribution in [0.1, 0.15) is 24.8 Å². The van der Waals surface area contributed by atoms with Crippen molar-refractivity contribution in [3.63, 3.8) is 0 Å². The Morgan fingerprint density at radius 3 is 2.73 bits per heavy atom. The Balaban J connectivity index is 1.33. The number of rotatable bonds is 5. The molecular weight excluding hydrogens is 436 g/mol. The molecule has 0 amide bonds. The summed E-state index contributed by atoms with van der Waals surface area (Å²) in [6, 6.07) is 6.48. The molecule has 2 aliphatic rings. The first kappa shape index (κ1) is 20.4. The van der Waals surface area contributed by atoms with Crippen LogP contribution in [0.15, 0.2) is 53.2 Å². The average Bonchev–Trinajstić information content (AvgIpc) is 3.27. The van der Waals surface area contributed by atoms with Crippen LogP contribution in [-0.2, 0) is 11.3 Å². The Morgan fingerprint density at radius 2 is 1.85 bits per heavy atom. The average molecular weight is 461 g/mol. The Kier molecular flexibility index (Phi) is 5.31. The third-order valence-corrected chi connectivity index (χ3v) is 7.12. The Labute approximate surface area is 195 Å². The van der Waals surface area contributed by atoms with Crippen LogP contribution in [0.25, 0.3) is 11.2 Å². The highest BCUT2D eigenvalue weighted by atomic mass is 32.2. The molecule has 10 heteroatoms. The van der Waals surface area contributed by atoms with E-state index >= 15 is 0 Å². The molecule has 0 N–H and O–H groups in total. The monoisotopic (exact) mass is 460 g/mol. The molecule has 5 heterocycles. The van der Waals surface area contributed by atoms with E-state index in [9.17, 15) is 0 Å². The van der Waals surface area contributed by atoms with Crippen LogP contribution in [-0.4, -0.2) is 56.4 Å². The molecule has 1 aromatic carbocycles. The molecule has 0 saturated carbocycles. The molecule has 0 spiro atoms. The Morgan fingerprint density at radius 1 is 0.970 bits per heavy atom. The second kappa shape index (κ2) is 8.60. The molecule has 1 saturated heterocycles. The van der Waals surface area contributed by atoms with E-state index in [2.05, 4.69) is 52.5 Å². The number of fused-ring (bicyclic) bond motifs is 3. The lowest BCUT2D eigenvalue weighted by Gasteiger charge is -2.30. The van der Waals surface area contributed by atoms with E-state index in [-0.39, 0.29) is 0 Å². The van der Waals surface area contributed by atoms with Crippen LogP contribution in [0.3, 0.4) is 0 Å². The van der Waals surface area contributed by atoms with Gasteiger partial charge in [0.15, 0.2) is 22.8 Å². The molecule has 1 fully saturated rings.